The van der Waals surface area contributed by atoms with Crippen LogP contribution >= 0.6 is 0 Å². The molecule has 2 aliphatic rings. The molecule has 3 nitrogen and oxygen atoms in total. The third-order valence-corrected chi connectivity index (χ3v) is 2.42. The van der Waals surface area contributed by atoms with E-state index in [1.54, 1.807) is 0 Å². The highest BCUT2D eigenvalue weighted by molar-refractivity contribution is 6.11. The Bertz CT molecular complexity index is 164. The van der Waals surface area contributed by atoms with Crippen LogP contribution in [0, 0.1) is 5.92 Å². The summed E-state index contributed by atoms with van der Waals surface area (Å²) in [6.07, 6.45) is -0.843. The molecule has 2 heterocycles. The lowest BCUT2D eigenvalue weighted by Crippen LogP contribution is -2.31. The minimum absolute atomic E-state index is 0.000000000000000444. The largest absolute Gasteiger partial charge is 0.388 e. The fourth-order valence-electron chi connectivity index (χ4n) is 1.73. The maximum atomic E-state index is 9.41. The van der Waals surface area contributed by atoms with Crippen molar-refractivity contribution in [1.29, 1.82) is 0 Å². The highest BCUT2D eigenvalue weighted by Gasteiger charge is 2.48. The highest BCUT2D eigenvalue weighted by Crippen LogP contribution is 2.33. The van der Waals surface area contributed by atoms with E-state index in [1.165, 1.54) is 0 Å². The molecule has 60 valence electrons. The van der Waals surface area contributed by atoms with Gasteiger partial charge in [-0.1, -0.05) is 6.92 Å². The molecular formula is C7H11BO3. The van der Waals surface area contributed by atoms with E-state index in [-0.39, 0.29) is 12.2 Å². The van der Waals surface area contributed by atoms with Crippen molar-refractivity contribution in [2.24, 2.45) is 5.92 Å². The molecule has 0 aromatic carbocycles. The van der Waals surface area contributed by atoms with Crippen molar-refractivity contribution >= 4 is 7.85 Å². The monoisotopic (exact) mass is 154 g/mol. The molecule has 2 fully saturated rings. The van der Waals surface area contributed by atoms with Gasteiger partial charge in [0.2, 0.25) is 0 Å². The number of hydrogen-bond donors (Lipinski definition) is 1. The molecule has 0 amide bonds. The molecule has 2 rings (SSSR count). The van der Waals surface area contributed by atoms with Crippen LogP contribution in [-0.2, 0) is 9.47 Å². The summed E-state index contributed by atoms with van der Waals surface area (Å²) in [5, 5.41) is 9.41. The molecular weight excluding hydrogens is 143 g/mol. The minimum atomic E-state index is -0.648. The fourth-order valence-corrected chi connectivity index (χ4v) is 1.73. The summed E-state index contributed by atoms with van der Waals surface area (Å²) in [6, 6.07) is -0.562. The molecule has 0 spiro atoms. The molecule has 11 heavy (non-hydrogen) atoms. The third kappa shape index (κ3) is 1.01. The van der Waals surface area contributed by atoms with Crippen molar-refractivity contribution in [3.8, 4) is 0 Å². The Morgan fingerprint density at radius 3 is 2.82 bits per heavy atom. The molecule has 2 radical (unpaired) electrons. The van der Waals surface area contributed by atoms with Gasteiger partial charge in [0.25, 0.3) is 0 Å². The Hall–Kier alpha value is -0.0551. The Kier molecular flexibility index (Phi) is 1.70. The number of fused-ring (bicyclic) bond motifs is 1. The van der Waals surface area contributed by atoms with Crippen LogP contribution < -0.4 is 0 Å². The summed E-state index contributed by atoms with van der Waals surface area (Å²) in [5.41, 5.74) is 0. The maximum Gasteiger partial charge on any atom is 0.112 e. The Balaban J connectivity index is 2.12. The lowest BCUT2D eigenvalue weighted by Gasteiger charge is -2.12. The summed E-state index contributed by atoms with van der Waals surface area (Å²) >= 11 is 0. The normalized spacial score (nSPS) is 56.4. The fraction of sp³-hybridized carbons (Fsp3) is 1.00. The van der Waals surface area contributed by atoms with Crippen molar-refractivity contribution in [3.63, 3.8) is 0 Å². The van der Waals surface area contributed by atoms with Crippen molar-refractivity contribution in [2.45, 2.75) is 31.2 Å². The molecule has 5 atom stereocenters. The van der Waals surface area contributed by atoms with E-state index < -0.39 is 12.1 Å². The van der Waals surface area contributed by atoms with E-state index in [2.05, 4.69) is 0 Å². The summed E-state index contributed by atoms with van der Waals surface area (Å²) < 4.78 is 10.6. The van der Waals surface area contributed by atoms with Crippen molar-refractivity contribution in [2.75, 3.05) is 6.61 Å². The van der Waals surface area contributed by atoms with E-state index in [0.717, 1.165) is 0 Å². The zero-order chi connectivity index (χ0) is 8.01. The Morgan fingerprint density at radius 2 is 2.18 bits per heavy atom. The topological polar surface area (TPSA) is 38.7 Å². The van der Waals surface area contributed by atoms with Gasteiger partial charge in [-0.3, -0.25) is 0 Å². The lowest BCUT2D eigenvalue weighted by molar-refractivity contribution is 0.00946. The molecule has 2 aliphatic heterocycles. The van der Waals surface area contributed by atoms with Gasteiger partial charge in [0.05, 0.1) is 12.7 Å². The van der Waals surface area contributed by atoms with Gasteiger partial charge in [-0.15, -0.1) is 0 Å². The van der Waals surface area contributed by atoms with E-state index in [4.69, 9.17) is 17.3 Å². The van der Waals surface area contributed by atoms with Crippen LogP contribution in [0.15, 0.2) is 0 Å². The van der Waals surface area contributed by atoms with Crippen LogP contribution in [0.25, 0.3) is 0 Å². The van der Waals surface area contributed by atoms with Crippen LogP contribution in [0.2, 0.25) is 0 Å². The SMILES string of the molecule is [B][C@@H]1OC2C(OC[C@H]2C)[C@H]1O. The Labute approximate surface area is 67.1 Å². The average molecular weight is 154 g/mol. The van der Waals surface area contributed by atoms with E-state index in [9.17, 15) is 5.11 Å². The molecule has 0 aliphatic carbocycles. The van der Waals surface area contributed by atoms with Crippen LogP contribution in [0.1, 0.15) is 6.92 Å². The zero-order valence-electron chi connectivity index (χ0n) is 6.43. The number of rotatable bonds is 0. The van der Waals surface area contributed by atoms with Crippen LogP contribution in [-0.4, -0.2) is 43.9 Å². The average Bonchev–Trinajstić information content (AvgIpc) is 2.43. The summed E-state index contributed by atoms with van der Waals surface area (Å²) in [5.74, 6) is 0.350. The predicted molar refractivity (Wildman–Crippen MR) is 39.3 cm³/mol. The lowest BCUT2D eigenvalue weighted by atomic mass is 9.92. The quantitative estimate of drug-likeness (QED) is 0.467. The second-order valence-electron chi connectivity index (χ2n) is 3.33. The molecule has 0 bridgehead atoms. The van der Waals surface area contributed by atoms with Gasteiger partial charge in [-0.25, -0.2) is 0 Å². The number of ether oxygens (including phenoxy) is 2. The first kappa shape index (κ1) is 7.59. The van der Waals surface area contributed by atoms with Crippen LogP contribution in [0.5, 0.6) is 0 Å². The van der Waals surface area contributed by atoms with E-state index in [1.807, 2.05) is 6.92 Å². The minimum Gasteiger partial charge on any atom is -0.388 e. The first-order chi connectivity index (χ1) is 5.20. The smallest absolute Gasteiger partial charge is 0.112 e. The third-order valence-electron chi connectivity index (χ3n) is 2.42. The van der Waals surface area contributed by atoms with Gasteiger partial charge < -0.3 is 14.6 Å². The molecule has 0 aromatic rings. The van der Waals surface area contributed by atoms with E-state index in [0.29, 0.717) is 12.5 Å². The van der Waals surface area contributed by atoms with Crippen LogP contribution in [0.4, 0.5) is 0 Å². The van der Waals surface area contributed by atoms with Gasteiger partial charge in [-0.2, -0.15) is 0 Å². The van der Waals surface area contributed by atoms with Gasteiger partial charge in [0.15, 0.2) is 0 Å². The van der Waals surface area contributed by atoms with E-state index >= 15 is 0 Å². The van der Waals surface area contributed by atoms with Crippen molar-refractivity contribution in [1.82, 2.24) is 0 Å². The predicted octanol–water partition coefficient (Wildman–Crippen LogP) is -0.724. The van der Waals surface area contributed by atoms with Gasteiger partial charge >= 0.3 is 0 Å². The molecule has 2 unspecified atom stereocenters. The first-order valence-corrected chi connectivity index (χ1v) is 3.91. The number of hydrogen-bond acceptors (Lipinski definition) is 3. The first-order valence-electron chi connectivity index (χ1n) is 3.91. The molecule has 1 N–H and O–H groups in total. The van der Waals surface area contributed by atoms with Gasteiger partial charge in [-0.05, 0) is 0 Å². The summed E-state index contributed by atoms with van der Waals surface area (Å²) in [6.45, 7) is 2.70. The highest BCUT2D eigenvalue weighted by atomic mass is 16.6. The van der Waals surface area contributed by atoms with Crippen molar-refractivity contribution < 1.29 is 14.6 Å². The molecule has 4 heteroatoms. The number of aliphatic hydroxyl groups is 1. The number of aliphatic hydroxyl groups excluding tert-OH is 1. The summed E-state index contributed by atoms with van der Waals surface area (Å²) in [7, 11) is 5.48. The second-order valence-corrected chi connectivity index (χ2v) is 3.33. The molecule has 2 saturated heterocycles. The molecule has 0 aromatic heterocycles. The van der Waals surface area contributed by atoms with Crippen LogP contribution in [0.3, 0.4) is 0 Å². The standard InChI is InChI=1S/C7H11BO3/c1-3-2-10-6-4(9)7(8)11-5(3)6/h3-7,9H,2H2,1H3/t3-,4-,5?,6?,7-/m1/s1. The second kappa shape index (κ2) is 2.47. The van der Waals surface area contributed by atoms with Gasteiger partial charge in [0.1, 0.15) is 20.1 Å². The van der Waals surface area contributed by atoms with Gasteiger partial charge in [0, 0.05) is 11.9 Å². The molecule has 0 saturated carbocycles. The Morgan fingerprint density at radius 1 is 1.45 bits per heavy atom. The van der Waals surface area contributed by atoms with Crippen molar-refractivity contribution in [3.05, 3.63) is 0 Å². The maximum absolute atomic E-state index is 9.41. The zero-order valence-corrected chi connectivity index (χ0v) is 6.43. The summed E-state index contributed by atoms with van der Waals surface area (Å²) in [4.78, 5) is 0.